The van der Waals surface area contributed by atoms with Crippen LogP contribution in [0.25, 0.3) is 0 Å². The van der Waals surface area contributed by atoms with Gasteiger partial charge in [0, 0.05) is 5.69 Å². The molecule has 0 aliphatic carbocycles. The number of unbranched alkanes of at least 4 members (excludes halogenated alkanes) is 15. The molecule has 1 rings (SSSR count). The van der Waals surface area contributed by atoms with Crippen molar-refractivity contribution in [1.29, 1.82) is 0 Å². The molecule has 0 bridgehead atoms. The summed E-state index contributed by atoms with van der Waals surface area (Å²) in [4.78, 5) is 0. The Morgan fingerprint density at radius 1 is 0.593 bits per heavy atom. The average Bonchev–Trinajstić information content (AvgIpc) is 2.66. The van der Waals surface area contributed by atoms with Gasteiger partial charge in [-0.15, -0.1) is 12.4 Å². The van der Waals surface area contributed by atoms with Gasteiger partial charge in [0.2, 0.25) is 0 Å². The van der Waals surface area contributed by atoms with Gasteiger partial charge in [0.05, 0.1) is 6.61 Å². The van der Waals surface area contributed by atoms with Crippen LogP contribution in [0.2, 0.25) is 0 Å². The van der Waals surface area contributed by atoms with E-state index in [1.807, 2.05) is 24.3 Å². The average molecular weight is 398 g/mol. The van der Waals surface area contributed by atoms with Gasteiger partial charge in [0.15, 0.2) is 0 Å². The van der Waals surface area contributed by atoms with E-state index in [1.165, 1.54) is 96.3 Å². The number of halogens is 1. The number of benzene rings is 1. The van der Waals surface area contributed by atoms with Crippen LogP contribution >= 0.6 is 12.4 Å². The van der Waals surface area contributed by atoms with Gasteiger partial charge in [-0.25, -0.2) is 0 Å². The lowest BCUT2D eigenvalue weighted by Gasteiger charge is -2.06. The number of nitrogen functional groups attached to an aromatic ring is 1. The SMILES string of the molecule is CCCCCCCCCCCCCCCCCCOc1ccc(N)cc1.Cl. The molecule has 27 heavy (non-hydrogen) atoms. The second kappa shape index (κ2) is 19.9. The highest BCUT2D eigenvalue weighted by molar-refractivity contribution is 5.85. The molecule has 2 nitrogen and oxygen atoms in total. The molecule has 0 unspecified atom stereocenters. The number of rotatable bonds is 18. The van der Waals surface area contributed by atoms with Gasteiger partial charge < -0.3 is 10.5 Å². The van der Waals surface area contributed by atoms with E-state index in [2.05, 4.69) is 6.92 Å². The summed E-state index contributed by atoms with van der Waals surface area (Å²) in [5.41, 5.74) is 6.46. The van der Waals surface area contributed by atoms with E-state index in [1.54, 1.807) is 0 Å². The van der Waals surface area contributed by atoms with Crippen LogP contribution in [0.15, 0.2) is 24.3 Å². The molecule has 0 atom stereocenters. The minimum absolute atomic E-state index is 0. The molecule has 158 valence electrons. The summed E-state index contributed by atoms with van der Waals surface area (Å²) in [5, 5.41) is 0. The van der Waals surface area contributed by atoms with Crippen molar-refractivity contribution in [3.63, 3.8) is 0 Å². The van der Waals surface area contributed by atoms with E-state index in [9.17, 15) is 0 Å². The van der Waals surface area contributed by atoms with Crippen LogP contribution < -0.4 is 10.5 Å². The molecular formula is C24H44ClNO. The summed E-state index contributed by atoms with van der Waals surface area (Å²) < 4.78 is 5.72. The fourth-order valence-electron chi connectivity index (χ4n) is 3.40. The van der Waals surface area contributed by atoms with Gasteiger partial charge in [0.1, 0.15) is 5.75 Å². The van der Waals surface area contributed by atoms with Gasteiger partial charge in [0.25, 0.3) is 0 Å². The van der Waals surface area contributed by atoms with Crippen molar-refractivity contribution in [1.82, 2.24) is 0 Å². The quantitative estimate of drug-likeness (QED) is 0.199. The zero-order valence-electron chi connectivity index (χ0n) is 17.7. The highest BCUT2D eigenvalue weighted by Crippen LogP contribution is 2.15. The zero-order chi connectivity index (χ0) is 18.7. The molecule has 1 aromatic carbocycles. The smallest absolute Gasteiger partial charge is 0.119 e. The molecule has 2 N–H and O–H groups in total. The highest BCUT2D eigenvalue weighted by Gasteiger charge is 1.96. The maximum Gasteiger partial charge on any atom is 0.119 e. The first-order valence-electron chi connectivity index (χ1n) is 11.3. The van der Waals surface area contributed by atoms with E-state index in [4.69, 9.17) is 10.5 Å². The van der Waals surface area contributed by atoms with Crippen molar-refractivity contribution in [3.8, 4) is 5.75 Å². The van der Waals surface area contributed by atoms with Crippen LogP contribution in [-0.2, 0) is 0 Å². The summed E-state index contributed by atoms with van der Waals surface area (Å²) in [7, 11) is 0. The van der Waals surface area contributed by atoms with Gasteiger partial charge in [-0.1, -0.05) is 103 Å². The third-order valence-electron chi connectivity index (χ3n) is 5.15. The minimum Gasteiger partial charge on any atom is -0.494 e. The van der Waals surface area contributed by atoms with Crippen LogP contribution in [0.5, 0.6) is 5.75 Å². The number of anilines is 1. The minimum atomic E-state index is 0. The van der Waals surface area contributed by atoms with Crippen LogP contribution in [0.1, 0.15) is 110 Å². The van der Waals surface area contributed by atoms with Crippen LogP contribution in [0, 0.1) is 0 Å². The molecule has 0 radical (unpaired) electrons. The summed E-state index contributed by atoms with van der Waals surface area (Å²) in [6.07, 6.45) is 22.4. The third kappa shape index (κ3) is 17.0. The Kier molecular flexibility index (Phi) is 19.2. The Bertz CT molecular complexity index is 407. The van der Waals surface area contributed by atoms with E-state index < -0.39 is 0 Å². The topological polar surface area (TPSA) is 35.2 Å². The second-order valence-corrected chi connectivity index (χ2v) is 7.72. The Labute approximate surface area is 175 Å². The number of nitrogens with two attached hydrogens (primary N) is 1. The lowest BCUT2D eigenvalue weighted by atomic mass is 10.0. The molecule has 0 saturated carbocycles. The van der Waals surface area contributed by atoms with Gasteiger partial charge in [-0.3, -0.25) is 0 Å². The largest absolute Gasteiger partial charge is 0.494 e. The normalized spacial score (nSPS) is 10.6. The summed E-state index contributed by atoms with van der Waals surface area (Å²) in [6, 6.07) is 7.68. The Morgan fingerprint density at radius 3 is 1.37 bits per heavy atom. The monoisotopic (exact) mass is 397 g/mol. The Hall–Kier alpha value is -0.890. The van der Waals surface area contributed by atoms with Crippen molar-refractivity contribution in [2.45, 2.75) is 110 Å². The Morgan fingerprint density at radius 2 is 0.963 bits per heavy atom. The van der Waals surface area contributed by atoms with Crippen molar-refractivity contribution in [3.05, 3.63) is 24.3 Å². The first kappa shape index (κ1) is 26.1. The molecule has 0 spiro atoms. The van der Waals surface area contributed by atoms with Crippen molar-refractivity contribution in [2.24, 2.45) is 0 Å². The van der Waals surface area contributed by atoms with Crippen molar-refractivity contribution in [2.75, 3.05) is 12.3 Å². The van der Waals surface area contributed by atoms with Gasteiger partial charge in [-0.05, 0) is 30.7 Å². The maximum absolute atomic E-state index is 5.72. The molecule has 0 heterocycles. The summed E-state index contributed by atoms with van der Waals surface area (Å²) in [5.74, 6) is 0.931. The van der Waals surface area contributed by atoms with Crippen LogP contribution in [0.4, 0.5) is 5.69 Å². The van der Waals surface area contributed by atoms with E-state index in [0.717, 1.165) is 24.5 Å². The molecule has 0 aliphatic heterocycles. The van der Waals surface area contributed by atoms with Gasteiger partial charge in [-0.2, -0.15) is 0 Å². The molecule has 3 heteroatoms. The molecule has 0 amide bonds. The predicted octanol–water partition coefficient (Wildman–Crippen LogP) is 8.33. The fourth-order valence-corrected chi connectivity index (χ4v) is 3.40. The molecule has 0 aliphatic rings. The van der Waals surface area contributed by atoms with E-state index >= 15 is 0 Å². The third-order valence-corrected chi connectivity index (χ3v) is 5.15. The summed E-state index contributed by atoms with van der Waals surface area (Å²) in [6.45, 7) is 3.11. The first-order valence-corrected chi connectivity index (χ1v) is 11.3. The molecule has 0 aromatic heterocycles. The predicted molar refractivity (Wildman–Crippen MR) is 123 cm³/mol. The van der Waals surface area contributed by atoms with Crippen molar-refractivity contribution >= 4 is 18.1 Å². The molecule has 0 fully saturated rings. The number of hydrogen-bond acceptors (Lipinski definition) is 2. The van der Waals surface area contributed by atoms with Gasteiger partial charge >= 0.3 is 0 Å². The molecule has 1 aromatic rings. The highest BCUT2D eigenvalue weighted by atomic mass is 35.5. The van der Waals surface area contributed by atoms with E-state index in [-0.39, 0.29) is 12.4 Å². The molecule has 0 saturated heterocycles. The number of hydrogen-bond donors (Lipinski definition) is 1. The summed E-state index contributed by atoms with van der Waals surface area (Å²) >= 11 is 0. The van der Waals surface area contributed by atoms with Crippen LogP contribution in [0.3, 0.4) is 0 Å². The fraction of sp³-hybridized carbons (Fsp3) is 0.750. The second-order valence-electron chi connectivity index (χ2n) is 7.72. The zero-order valence-corrected chi connectivity index (χ0v) is 18.5. The lowest BCUT2D eigenvalue weighted by Crippen LogP contribution is -1.97. The first-order chi connectivity index (χ1) is 12.8. The van der Waals surface area contributed by atoms with Crippen LogP contribution in [-0.4, -0.2) is 6.61 Å². The maximum atomic E-state index is 5.72. The van der Waals surface area contributed by atoms with E-state index in [0.29, 0.717) is 0 Å². The molecular weight excluding hydrogens is 354 g/mol. The standard InChI is InChI=1S/C24H43NO.ClH/c1-2-3-4-5-6-7-8-9-10-11-12-13-14-15-16-17-22-26-24-20-18-23(25)19-21-24;/h18-21H,2-17,22,25H2,1H3;1H. The van der Waals surface area contributed by atoms with Crippen molar-refractivity contribution < 1.29 is 4.74 Å². The number of ether oxygens (including phenoxy) is 1. The Balaban J connectivity index is 0.00000676. The lowest BCUT2D eigenvalue weighted by molar-refractivity contribution is 0.304.